The highest BCUT2D eigenvalue weighted by Gasteiger charge is 2.23. The van der Waals surface area contributed by atoms with Gasteiger partial charge in [0.15, 0.2) is 0 Å². The van der Waals surface area contributed by atoms with E-state index in [1.165, 1.54) is 5.56 Å². The van der Waals surface area contributed by atoms with Gasteiger partial charge in [-0.2, -0.15) is 0 Å². The number of piperidine rings is 1. The maximum atomic E-state index is 12.6. The number of halogens is 1. The molecular weight excluding hydrogens is 312 g/mol. The number of likely N-dealkylation sites (N-methyl/N-ethyl adjacent to an activating group) is 1. The molecule has 4 nitrogen and oxygen atoms in total. The molecule has 0 radical (unpaired) electrons. The van der Waals surface area contributed by atoms with Gasteiger partial charge in [0, 0.05) is 30.1 Å². The van der Waals surface area contributed by atoms with Gasteiger partial charge in [0.1, 0.15) is 5.58 Å². The summed E-state index contributed by atoms with van der Waals surface area (Å²) in [6.07, 6.45) is 4.38. The van der Waals surface area contributed by atoms with Crippen molar-refractivity contribution in [3.8, 4) is 0 Å². The molecule has 1 aromatic heterocycles. The fourth-order valence-electron chi connectivity index (χ4n) is 3.24. The number of hydrogen-bond donors (Lipinski definition) is 1. The lowest BCUT2D eigenvalue weighted by atomic mass is 10.0. The van der Waals surface area contributed by atoms with E-state index in [-0.39, 0.29) is 18.3 Å². The van der Waals surface area contributed by atoms with Gasteiger partial charge in [-0.25, -0.2) is 0 Å². The minimum Gasteiger partial charge on any atom is -0.464 e. The van der Waals surface area contributed by atoms with Gasteiger partial charge < -0.3 is 14.6 Å². The Morgan fingerprint density at radius 3 is 2.91 bits per heavy atom. The molecule has 23 heavy (non-hydrogen) atoms. The minimum absolute atomic E-state index is 0. The summed E-state index contributed by atoms with van der Waals surface area (Å²) in [6, 6.07) is 4.58. The Kier molecular flexibility index (Phi) is 5.71. The molecule has 0 bridgehead atoms. The molecule has 1 aliphatic heterocycles. The number of likely N-dealkylation sites (tertiary alicyclic amines) is 1. The van der Waals surface area contributed by atoms with Crippen molar-refractivity contribution in [3.63, 3.8) is 0 Å². The standard InChI is InChI=1S/C18H24N2O2.ClH/c1-12-6-7-16-14(11-22-18(16)13(12)2)9-17(21)20-8-4-5-15(10-20)19-3;/h6-7,11,15,19H,4-5,8-10H2,1-3H3;1H. The van der Waals surface area contributed by atoms with Crippen LogP contribution in [0.15, 0.2) is 22.8 Å². The average Bonchev–Trinajstić information content (AvgIpc) is 2.94. The van der Waals surface area contributed by atoms with E-state index in [0.717, 1.165) is 48.0 Å². The highest BCUT2D eigenvalue weighted by Crippen LogP contribution is 2.27. The summed E-state index contributed by atoms with van der Waals surface area (Å²) in [5, 5.41) is 4.35. The lowest BCUT2D eigenvalue weighted by Gasteiger charge is -2.32. The fourth-order valence-corrected chi connectivity index (χ4v) is 3.24. The molecule has 3 rings (SSSR count). The quantitative estimate of drug-likeness (QED) is 0.936. The van der Waals surface area contributed by atoms with Crippen molar-refractivity contribution >= 4 is 29.3 Å². The summed E-state index contributed by atoms with van der Waals surface area (Å²) in [5.74, 6) is 0.195. The van der Waals surface area contributed by atoms with Crippen LogP contribution in [0, 0.1) is 13.8 Å². The highest BCUT2D eigenvalue weighted by atomic mass is 35.5. The zero-order valence-corrected chi connectivity index (χ0v) is 14.8. The molecule has 0 aliphatic carbocycles. The molecular formula is C18H25ClN2O2. The van der Waals surface area contributed by atoms with Crippen LogP contribution in [0.2, 0.25) is 0 Å². The van der Waals surface area contributed by atoms with Gasteiger partial charge in [0.05, 0.1) is 12.7 Å². The second-order valence-electron chi connectivity index (χ2n) is 6.29. The summed E-state index contributed by atoms with van der Waals surface area (Å²) >= 11 is 0. The Hall–Kier alpha value is -1.52. The SMILES string of the molecule is CNC1CCCN(C(=O)Cc2coc3c(C)c(C)ccc23)C1.Cl. The molecule has 1 fully saturated rings. The number of rotatable bonds is 3. The monoisotopic (exact) mass is 336 g/mol. The normalized spacial score (nSPS) is 18.0. The van der Waals surface area contributed by atoms with Crippen LogP contribution in [0.1, 0.15) is 29.5 Å². The van der Waals surface area contributed by atoms with Crippen molar-refractivity contribution in [3.05, 3.63) is 35.1 Å². The summed E-state index contributed by atoms with van der Waals surface area (Å²) in [4.78, 5) is 14.6. The average molecular weight is 337 g/mol. The van der Waals surface area contributed by atoms with E-state index in [0.29, 0.717) is 12.5 Å². The first-order valence-corrected chi connectivity index (χ1v) is 8.01. The Morgan fingerprint density at radius 2 is 2.17 bits per heavy atom. The third-order valence-electron chi connectivity index (χ3n) is 4.87. The van der Waals surface area contributed by atoms with Gasteiger partial charge in [-0.05, 0) is 44.9 Å². The Morgan fingerprint density at radius 1 is 1.39 bits per heavy atom. The number of hydrogen-bond acceptors (Lipinski definition) is 3. The second-order valence-corrected chi connectivity index (χ2v) is 6.29. The zero-order valence-electron chi connectivity index (χ0n) is 14.0. The molecule has 0 spiro atoms. The lowest BCUT2D eigenvalue weighted by Crippen LogP contribution is -2.47. The first-order chi connectivity index (χ1) is 10.6. The number of nitrogens with one attached hydrogen (secondary N) is 1. The van der Waals surface area contributed by atoms with Gasteiger partial charge >= 0.3 is 0 Å². The van der Waals surface area contributed by atoms with Crippen LogP contribution in [-0.4, -0.2) is 37.0 Å². The van der Waals surface area contributed by atoms with Crippen LogP contribution in [0.4, 0.5) is 0 Å². The largest absolute Gasteiger partial charge is 0.464 e. The maximum Gasteiger partial charge on any atom is 0.227 e. The fraction of sp³-hybridized carbons (Fsp3) is 0.500. The number of benzene rings is 1. The van der Waals surface area contributed by atoms with E-state index in [1.54, 1.807) is 6.26 Å². The molecule has 2 heterocycles. The van der Waals surface area contributed by atoms with Crippen LogP contribution >= 0.6 is 12.4 Å². The molecule has 5 heteroatoms. The minimum atomic E-state index is 0. The molecule has 0 saturated carbocycles. The number of fused-ring (bicyclic) bond motifs is 1. The van der Waals surface area contributed by atoms with Crippen molar-refractivity contribution in [1.29, 1.82) is 0 Å². The van der Waals surface area contributed by atoms with Gasteiger partial charge in [0.2, 0.25) is 5.91 Å². The molecule has 1 aliphatic rings. The second kappa shape index (κ2) is 7.37. The first-order valence-electron chi connectivity index (χ1n) is 8.01. The van der Waals surface area contributed by atoms with Crippen LogP contribution in [-0.2, 0) is 11.2 Å². The predicted molar refractivity (Wildman–Crippen MR) is 95.3 cm³/mol. The van der Waals surface area contributed by atoms with E-state index in [9.17, 15) is 4.79 Å². The van der Waals surface area contributed by atoms with E-state index < -0.39 is 0 Å². The number of amides is 1. The van der Waals surface area contributed by atoms with Crippen molar-refractivity contribution in [1.82, 2.24) is 10.2 Å². The zero-order chi connectivity index (χ0) is 15.7. The van der Waals surface area contributed by atoms with E-state index in [4.69, 9.17) is 4.42 Å². The number of aryl methyl sites for hydroxylation is 2. The van der Waals surface area contributed by atoms with Crippen LogP contribution in [0.3, 0.4) is 0 Å². The Balaban J connectivity index is 0.00000192. The van der Waals surface area contributed by atoms with Gasteiger partial charge in [-0.3, -0.25) is 4.79 Å². The summed E-state index contributed by atoms with van der Waals surface area (Å²) in [7, 11) is 1.97. The van der Waals surface area contributed by atoms with Crippen LogP contribution < -0.4 is 5.32 Å². The third-order valence-corrected chi connectivity index (χ3v) is 4.87. The number of carbonyl (C=O) groups is 1. The van der Waals surface area contributed by atoms with Gasteiger partial charge in [-0.1, -0.05) is 12.1 Å². The van der Waals surface area contributed by atoms with Gasteiger partial charge in [0.25, 0.3) is 0 Å². The molecule has 2 aromatic rings. The molecule has 1 amide bonds. The summed E-state index contributed by atoms with van der Waals surface area (Å²) in [5.41, 5.74) is 4.28. The number of nitrogens with zero attached hydrogens (tertiary/aromatic N) is 1. The molecule has 126 valence electrons. The van der Waals surface area contributed by atoms with Gasteiger partial charge in [-0.15, -0.1) is 12.4 Å². The lowest BCUT2D eigenvalue weighted by molar-refractivity contribution is -0.131. The van der Waals surface area contributed by atoms with E-state index in [1.807, 2.05) is 11.9 Å². The van der Waals surface area contributed by atoms with Crippen molar-refractivity contribution in [2.45, 2.75) is 39.2 Å². The smallest absolute Gasteiger partial charge is 0.227 e. The molecule has 1 aromatic carbocycles. The van der Waals surface area contributed by atoms with E-state index >= 15 is 0 Å². The van der Waals surface area contributed by atoms with Crippen LogP contribution in [0.25, 0.3) is 11.0 Å². The van der Waals surface area contributed by atoms with E-state index in [2.05, 4.69) is 31.3 Å². The Labute approximate surface area is 143 Å². The molecule has 1 atom stereocenters. The molecule has 1 N–H and O–H groups in total. The number of furan rings is 1. The van der Waals surface area contributed by atoms with Crippen LogP contribution in [0.5, 0.6) is 0 Å². The third kappa shape index (κ3) is 3.54. The summed E-state index contributed by atoms with van der Waals surface area (Å²) < 4.78 is 5.71. The van der Waals surface area contributed by atoms with Crippen molar-refractivity contribution in [2.75, 3.05) is 20.1 Å². The first kappa shape index (κ1) is 17.8. The number of carbonyl (C=O) groups excluding carboxylic acids is 1. The summed E-state index contributed by atoms with van der Waals surface area (Å²) in [6.45, 7) is 5.82. The van der Waals surface area contributed by atoms with Crippen molar-refractivity contribution in [2.24, 2.45) is 0 Å². The highest BCUT2D eigenvalue weighted by molar-refractivity contribution is 5.89. The maximum absolute atomic E-state index is 12.6. The Bertz CT molecular complexity index is 696. The predicted octanol–water partition coefficient (Wildman–Crippen LogP) is 3.22. The molecule has 1 saturated heterocycles. The molecule has 1 unspecified atom stereocenters. The van der Waals surface area contributed by atoms with Crippen molar-refractivity contribution < 1.29 is 9.21 Å². The topological polar surface area (TPSA) is 45.5 Å².